The standard InChI is InChI=1S/C19H28N4O4S2/c1-6-12(2)21-29(25,26)16-11-15(22(5)14(16)4)18-20-13(3)17(28-18)19(24)23-7-9-27-10-8-23/h11-12,21H,6-10H2,1-5H3/t12-/m0/s1. The lowest BCUT2D eigenvalue weighted by atomic mass is 10.3. The van der Waals surface area contributed by atoms with Gasteiger partial charge in [0.25, 0.3) is 5.91 Å². The third-order valence-corrected chi connectivity index (χ3v) is 8.13. The molecule has 1 aliphatic heterocycles. The Morgan fingerprint density at radius 1 is 1.34 bits per heavy atom. The number of hydrogen-bond donors (Lipinski definition) is 1. The van der Waals surface area contributed by atoms with Crippen LogP contribution in [0, 0.1) is 13.8 Å². The largest absolute Gasteiger partial charge is 0.378 e. The molecule has 0 saturated carbocycles. The first-order valence-electron chi connectivity index (χ1n) is 9.69. The number of ether oxygens (including phenoxy) is 1. The first-order chi connectivity index (χ1) is 13.7. The zero-order valence-electron chi connectivity index (χ0n) is 17.5. The summed E-state index contributed by atoms with van der Waals surface area (Å²) >= 11 is 1.30. The van der Waals surface area contributed by atoms with Crippen molar-refractivity contribution >= 4 is 27.3 Å². The lowest BCUT2D eigenvalue weighted by molar-refractivity contribution is 0.0305. The van der Waals surface area contributed by atoms with Gasteiger partial charge in [0.1, 0.15) is 14.8 Å². The normalized spacial score (nSPS) is 16.2. The Kier molecular flexibility index (Phi) is 6.47. The number of carbonyl (C=O) groups is 1. The van der Waals surface area contributed by atoms with Crippen LogP contribution in [0.4, 0.5) is 0 Å². The van der Waals surface area contributed by atoms with Crippen LogP contribution in [0.1, 0.15) is 41.3 Å². The van der Waals surface area contributed by atoms with E-state index in [0.29, 0.717) is 59.7 Å². The van der Waals surface area contributed by atoms with Gasteiger partial charge in [-0.15, -0.1) is 11.3 Å². The number of nitrogens with zero attached hydrogens (tertiary/aromatic N) is 3. The van der Waals surface area contributed by atoms with Crippen molar-refractivity contribution < 1.29 is 17.9 Å². The molecule has 1 fully saturated rings. The van der Waals surface area contributed by atoms with Gasteiger partial charge in [0.05, 0.1) is 24.6 Å². The number of amides is 1. The lowest BCUT2D eigenvalue weighted by Gasteiger charge is -2.26. The van der Waals surface area contributed by atoms with Crippen LogP contribution in [-0.4, -0.2) is 61.1 Å². The maximum Gasteiger partial charge on any atom is 0.266 e. The van der Waals surface area contributed by atoms with Crippen LogP contribution in [0.3, 0.4) is 0 Å². The monoisotopic (exact) mass is 440 g/mol. The Bertz CT molecular complexity index is 1000. The molecule has 160 valence electrons. The van der Waals surface area contributed by atoms with Gasteiger partial charge in [-0.2, -0.15) is 0 Å². The van der Waals surface area contributed by atoms with Gasteiger partial charge in [-0.05, 0) is 33.3 Å². The van der Waals surface area contributed by atoms with E-state index in [1.54, 1.807) is 17.9 Å². The van der Waals surface area contributed by atoms with Crippen LogP contribution in [0.15, 0.2) is 11.0 Å². The highest BCUT2D eigenvalue weighted by Gasteiger charge is 2.27. The van der Waals surface area contributed by atoms with Crippen molar-refractivity contribution in [1.29, 1.82) is 0 Å². The Hall–Kier alpha value is -1.75. The fraction of sp³-hybridized carbons (Fsp3) is 0.579. The van der Waals surface area contributed by atoms with E-state index in [1.807, 2.05) is 32.4 Å². The summed E-state index contributed by atoms with van der Waals surface area (Å²) in [5, 5.41) is 0.634. The molecule has 1 atom stereocenters. The summed E-state index contributed by atoms with van der Waals surface area (Å²) in [5.74, 6) is -0.0493. The summed E-state index contributed by atoms with van der Waals surface area (Å²) < 4.78 is 35.4. The number of morpholine rings is 1. The van der Waals surface area contributed by atoms with Crippen molar-refractivity contribution in [3.63, 3.8) is 0 Å². The van der Waals surface area contributed by atoms with E-state index in [0.717, 1.165) is 0 Å². The molecule has 1 saturated heterocycles. The van der Waals surface area contributed by atoms with Crippen LogP contribution in [0.25, 0.3) is 10.7 Å². The molecule has 2 aromatic rings. The van der Waals surface area contributed by atoms with Gasteiger partial charge >= 0.3 is 0 Å². The number of hydrogen-bond acceptors (Lipinski definition) is 6. The van der Waals surface area contributed by atoms with Crippen LogP contribution < -0.4 is 4.72 Å². The highest BCUT2D eigenvalue weighted by atomic mass is 32.2. The molecule has 0 aromatic carbocycles. The van der Waals surface area contributed by atoms with Crippen LogP contribution in [-0.2, 0) is 21.8 Å². The van der Waals surface area contributed by atoms with E-state index in [9.17, 15) is 13.2 Å². The predicted molar refractivity (Wildman–Crippen MR) is 113 cm³/mol. The van der Waals surface area contributed by atoms with Gasteiger partial charge in [0.2, 0.25) is 10.0 Å². The molecule has 2 aromatic heterocycles. The van der Waals surface area contributed by atoms with Crippen molar-refractivity contribution in [1.82, 2.24) is 19.2 Å². The molecule has 3 rings (SSSR count). The van der Waals surface area contributed by atoms with Gasteiger partial charge in [-0.1, -0.05) is 6.92 Å². The molecular formula is C19H28N4O4S2. The molecule has 1 N–H and O–H groups in total. The molecule has 3 heterocycles. The summed E-state index contributed by atoms with van der Waals surface area (Å²) in [6, 6.07) is 1.49. The minimum absolute atomic E-state index is 0.0493. The number of aryl methyl sites for hydroxylation is 1. The molecule has 0 radical (unpaired) electrons. The average Bonchev–Trinajstić information content (AvgIpc) is 3.22. The van der Waals surface area contributed by atoms with Gasteiger partial charge in [0.15, 0.2) is 0 Å². The second-order valence-corrected chi connectivity index (χ2v) is 9.99. The van der Waals surface area contributed by atoms with Crippen LogP contribution >= 0.6 is 11.3 Å². The summed E-state index contributed by atoms with van der Waals surface area (Å²) in [5.41, 5.74) is 1.97. The Labute approximate surface area is 175 Å². The second-order valence-electron chi connectivity index (χ2n) is 7.31. The zero-order valence-corrected chi connectivity index (χ0v) is 19.1. The second kappa shape index (κ2) is 8.55. The smallest absolute Gasteiger partial charge is 0.266 e. The first-order valence-corrected chi connectivity index (χ1v) is 12.0. The van der Waals surface area contributed by atoms with Gasteiger partial charge in [0, 0.05) is 31.9 Å². The predicted octanol–water partition coefficient (Wildman–Crippen LogP) is 2.31. The van der Waals surface area contributed by atoms with E-state index in [1.165, 1.54) is 11.3 Å². The summed E-state index contributed by atoms with van der Waals surface area (Å²) in [7, 11) is -1.82. The first kappa shape index (κ1) is 21.9. The summed E-state index contributed by atoms with van der Waals surface area (Å²) in [6.07, 6.45) is 0.705. The maximum absolute atomic E-state index is 12.9. The molecule has 0 aliphatic carbocycles. The topological polar surface area (TPSA) is 93.5 Å². The molecular weight excluding hydrogens is 412 g/mol. The van der Waals surface area contributed by atoms with E-state index in [4.69, 9.17) is 4.74 Å². The molecule has 0 spiro atoms. The summed E-state index contributed by atoms with van der Waals surface area (Å²) in [4.78, 5) is 20.0. The van der Waals surface area contributed by atoms with Gasteiger partial charge in [-0.3, -0.25) is 4.79 Å². The van der Waals surface area contributed by atoms with Crippen molar-refractivity contribution in [2.24, 2.45) is 7.05 Å². The van der Waals surface area contributed by atoms with Crippen molar-refractivity contribution in [2.75, 3.05) is 26.3 Å². The van der Waals surface area contributed by atoms with Crippen molar-refractivity contribution in [3.8, 4) is 10.7 Å². The fourth-order valence-electron chi connectivity index (χ4n) is 3.17. The average molecular weight is 441 g/mol. The Morgan fingerprint density at radius 3 is 2.62 bits per heavy atom. The molecule has 8 nitrogen and oxygen atoms in total. The van der Waals surface area contributed by atoms with Gasteiger partial charge < -0.3 is 14.2 Å². The van der Waals surface area contributed by atoms with Crippen molar-refractivity contribution in [3.05, 3.63) is 22.3 Å². The van der Waals surface area contributed by atoms with E-state index in [2.05, 4.69) is 9.71 Å². The van der Waals surface area contributed by atoms with E-state index >= 15 is 0 Å². The summed E-state index contributed by atoms with van der Waals surface area (Å²) in [6.45, 7) is 9.57. The molecule has 0 bridgehead atoms. The molecule has 1 aliphatic rings. The fourth-order valence-corrected chi connectivity index (χ4v) is 5.88. The SMILES string of the molecule is CC[C@H](C)NS(=O)(=O)c1cc(-c2nc(C)c(C(=O)N3CCOCC3)s2)n(C)c1C. The Balaban J connectivity index is 1.95. The molecule has 29 heavy (non-hydrogen) atoms. The number of carbonyl (C=O) groups excluding carboxylic acids is 1. The number of nitrogens with one attached hydrogen (secondary N) is 1. The highest BCUT2D eigenvalue weighted by Crippen LogP contribution is 2.33. The number of aromatic nitrogens is 2. The van der Waals surface area contributed by atoms with Crippen LogP contribution in [0.5, 0.6) is 0 Å². The lowest BCUT2D eigenvalue weighted by Crippen LogP contribution is -2.40. The number of sulfonamides is 1. The van der Waals surface area contributed by atoms with Crippen LogP contribution in [0.2, 0.25) is 0 Å². The third-order valence-electron chi connectivity index (χ3n) is 5.26. The molecule has 1 amide bonds. The third kappa shape index (κ3) is 4.40. The van der Waals surface area contributed by atoms with Gasteiger partial charge in [-0.25, -0.2) is 18.1 Å². The maximum atomic E-state index is 12.9. The Morgan fingerprint density at radius 2 is 2.00 bits per heavy atom. The highest BCUT2D eigenvalue weighted by molar-refractivity contribution is 7.89. The number of thiazole rings is 1. The zero-order chi connectivity index (χ0) is 21.3. The quantitative estimate of drug-likeness (QED) is 0.744. The molecule has 10 heteroatoms. The van der Waals surface area contributed by atoms with Crippen molar-refractivity contribution in [2.45, 2.75) is 45.1 Å². The number of rotatable bonds is 6. The minimum atomic E-state index is -3.63. The minimum Gasteiger partial charge on any atom is -0.378 e. The van der Waals surface area contributed by atoms with E-state index < -0.39 is 10.0 Å². The van der Waals surface area contributed by atoms with E-state index in [-0.39, 0.29) is 16.8 Å². The molecule has 0 unspecified atom stereocenters.